The summed E-state index contributed by atoms with van der Waals surface area (Å²) in [6, 6.07) is 6.01. The van der Waals surface area contributed by atoms with Crippen molar-refractivity contribution in [2.45, 2.75) is 20.3 Å². The Morgan fingerprint density at radius 3 is 2.75 bits per heavy atom. The summed E-state index contributed by atoms with van der Waals surface area (Å²) in [5.74, 6) is 1.50. The van der Waals surface area contributed by atoms with Crippen molar-refractivity contribution in [1.82, 2.24) is 10.2 Å². The minimum Gasteiger partial charge on any atom is -0.483 e. The molecule has 0 spiro atoms. The van der Waals surface area contributed by atoms with Crippen molar-refractivity contribution in [3.8, 4) is 5.75 Å². The maximum atomic E-state index is 12.2. The Morgan fingerprint density at radius 2 is 2.10 bits per heavy atom. The third-order valence-corrected chi connectivity index (χ3v) is 3.88. The number of aryl methyl sites for hydroxylation is 2. The number of hydrogen-bond acceptors (Lipinski definition) is 3. The summed E-state index contributed by atoms with van der Waals surface area (Å²) in [6.45, 7) is 6.81. The SMILES string of the molecule is CNCC1CCN(C(=O)COc2c(C)cccc2C)C1. The van der Waals surface area contributed by atoms with E-state index in [1.54, 1.807) is 0 Å². The van der Waals surface area contributed by atoms with Gasteiger partial charge in [-0.2, -0.15) is 0 Å². The van der Waals surface area contributed by atoms with Crippen molar-refractivity contribution < 1.29 is 9.53 Å². The molecule has 1 aromatic rings. The van der Waals surface area contributed by atoms with Crippen molar-refractivity contribution in [2.75, 3.05) is 33.3 Å². The Bertz CT molecular complexity index is 453. The summed E-state index contributed by atoms with van der Waals surface area (Å²) < 4.78 is 5.73. The van der Waals surface area contributed by atoms with Crippen LogP contribution in [0.3, 0.4) is 0 Å². The van der Waals surface area contributed by atoms with Crippen LogP contribution in [0.1, 0.15) is 17.5 Å². The third-order valence-electron chi connectivity index (χ3n) is 3.88. The fourth-order valence-electron chi connectivity index (χ4n) is 2.77. The molecule has 0 saturated carbocycles. The molecular weight excluding hydrogens is 252 g/mol. The second kappa shape index (κ2) is 6.75. The molecule has 20 heavy (non-hydrogen) atoms. The third kappa shape index (κ3) is 3.51. The first-order valence-electron chi connectivity index (χ1n) is 7.23. The van der Waals surface area contributed by atoms with Crippen LogP contribution in [-0.2, 0) is 4.79 Å². The quantitative estimate of drug-likeness (QED) is 0.891. The summed E-state index contributed by atoms with van der Waals surface area (Å²) >= 11 is 0. The zero-order chi connectivity index (χ0) is 14.5. The molecule has 4 nitrogen and oxygen atoms in total. The lowest BCUT2D eigenvalue weighted by Gasteiger charge is -2.18. The van der Waals surface area contributed by atoms with Crippen LogP contribution < -0.4 is 10.1 Å². The van der Waals surface area contributed by atoms with Gasteiger partial charge in [0.15, 0.2) is 6.61 Å². The number of likely N-dealkylation sites (tertiary alicyclic amines) is 1. The van der Waals surface area contributed by atoms with Crippen molar-refractivity contribution in [3.05, 3.63) is 29.3 Å². The fourth-order valence-corrected chi connectivity index (χ4v) is 2.77. The molecule has 1 unspecified atom stereocenters. The summed E-state index contributed by atoms with van der Waals surface area (Å²) in [7, 11) is 1.95. The molecule has 1 aliphatic rings. The maximum absolute atomic E-state index is 12.2. The second-order valence-corrected chi connectivity index (χ2v) is 5.56. The Morgan fingerprint density at radius 1 is 1.40 bits per heavy atom. The van der Waals surface area contributed by atoms with E-state index >= 15 is 0 Å². The number of benzene rings is 1. The highest BCUT2D eigenvalue weighted by atomic mass is 16.5. The number of rotatable bonds is 5. The highest BCUT2D eigenvalue weighted by Crippen LogP contribution is 2.22. The molecule has 110 valence electrons. The standard InChI is InChI=1S/C16H24N2O2/c1-12-5-4-6-13(2)16(12)20-11-15(19)18-8-7-14(10-18)9-17-3/h4-6,14,17H,7-11H2,1-3H3. The predicted octanol–water partition coefficient (Wildman–Crippen LogP) is 1.75. The number of carbonyl (C=O) groups is 1. The number of nitrogens with zero attached hydrogens (tertiary/aromatic N) is 1. The van der Waals surface area contributed by atoms with Gasteiger partial charge in [0.1, 0.15) is 5.75 Å². The molecular formula is C16H24N2O2. The number of amides is 1. The first-order chi connectivity index (χ1) is 9.61. The molecule has 1 aliphatic heterocycles. The van der Waals surface area contributed by atoms with Gasteiger partial charge in [-0.3, -0.25) is 4.79 Å². The van der Waals surface area contributed by atoms with Gasteiger partial charge in [-0.25, -0.2) is 0 Å². The zero-order valence-electron chi connectivity index (χ0n) is 12.6. The average Bonchev–Trinajstić information content (AvgIpc) is 2.87. The van der Waals surface area contributed by atoms with E-state index in [4.69, 9.17) is 4.74 Å². The second-order valence-electron chi connectivity index (χ2n) is 5.56. The van der Waals surface area contributed by atoms with Crippen LogP contribution in [0.25, 0.3) is 0 Å². The average molecular weight is 276 g/mol. The van der Waals surface area contributed by atoms with Gasteiger partial charge in [0.2, 0.25) is 0 Å². The van der Waals surface area contributed by atoms with Crippen LogP contribution in [0.2, 0.25) is 0 Å². The minimum absolute atomic E-state index is 0.0891. The van der Waals surface area contributed by atoms with Gasteiger partial charge in [-0.1, -0.05) is 18.2 Å². The van der Waals surface area contributed by atoms with Gasteiger partial charge in [0.25, 0.3) is 5.91 Å². The van der Waals surface area contributed by atoms with Crippen LogP contribution in [0, 0.1) is 19.8 Å². The first kappa shape index (κ1) is 14.9. The van der Waals surface area contributed by atoms with Gasteiger partial charge in [0.05, 0.1) is 0 Å². The molecule has 4 heteroatoms. The van der Waals surface area contributed by atoms with E-state index in [9.17, 15) is 4.79 Å². The molecule has 0 radical (unpaired) electrons. The van der Waals surface area contributed by atoms with Gasteiger partial charge in [0, 0.05) is 13.1 Å². The van der Waals surface area contributed by atoms with Crippen molar-refractivity contribution >= 4 is 5.91 Å². The van der Waals surface area contributed by atoms with E-state index < -0.39 is 0 Å². The highest BCUT2D eigenvalue weighted by Gasteiger charge is 2.25. The van der Waals surface area contributed by atoms with Gasteiger partial charge in [-0.15, -0.1) is 0 Å². The normalized spacial score (nSPS) is 18.4. The molecule has 1 atom stereocenters. The minimum atomic E-state index is 0.0891. The van der Waals surface area contributed by atoms with Crippen LogP contribution in [-0.4, -0.2) is 44.1 Å². The van der Waals surface area contributed by atoms with E-state index in [0.717, 1.165) is 42.9 Å². The molecule has 1 fully saturated rings. The van der Waals surface area contributed by atoms with Crippen LogP contribution >= 0.6 is 0 Å². The molecule has 2 rings (SSSR count). The van der Waals surface area contributed by atoms with Crippen molar-refractivity contribution in [3.63, 3.8) is 0 Å². The molecule has 0 bridgehead atoms. The number of hydrogen-bond donors (Lipinski definition) is 1. The lowest BCUT2D eigenvalue weighted by molar-refractivity contribution is -0.132. The largest absolute Gasteiger partial charge is 0.483 e. The smallest absolute Gasteiger partial charge is 0.260 e. The monoisotopic (exact) mass is 276 g/mol. The zero-order valence-corrected chi connectivity index (χ0v) is 12.6. The number of carbonyl (C=O) groups excluding carboxylic acids is 1. The Balaban J connectivity index is 1.87. The summed E-state index contributed by atoms with van der Waals surface area (Å²) in [6.07, 6.45) is 1.08. The Hall–Kier alpha value is -1.55. The van der Waals surface area contributed by atoms with Gasteiger partial charge in [-0.05, 0) is 50.9 Å². The van der Waals surface area contributed by atoms with Crippen LogP contribution in [0.15, 0.2) is 18.2 Å². The molecule has 1 amide bonds. The van der Waals surface area contributed by atoms with Gasteiger partial charge >= 0.3 is 0 Å². The lowest BCUT2D eigenvalue weighted by atomic mass is 10.1. The van der Waals surface area contributed by atoms with Crippen molar-refractivity contribution in [2.24, 2.45) is 5.92 Å². The highest BCUT2D eigenvalue weighted by molar-refractivity contribution is 5.78. The molecule has 0 aliphatic carbocycles. The Kier molecular flexibility index (Phi) is 5.01. The molecule has 1 N–H and O–H groups in total. The van der Waals surface area contributed by atoms with Crippen molar-refractivity contribution in [1.29, 1.82) is 0 Å². The van der Waals surface area contributed by atoms with Crippen LogP contribution in [0.5, 0.6) is 5.75 Å². The fraction of sp³-hybridized carbons (Fsp3) is 0.562. The Labute approximate surface area is 121 Å². The van der Waals surface area contributed by atoms with E-state index in [2.05, 4.69) is 5.32 Å². The predicted molar refractivity (Wildman–Crippen MR) is 80.0 cm³/mol. The lowest BCUT2D eigenvalue weighted by Crippen LogP contribution is -2.34. The first-order valence-corrected chi connectivity index (χ1v) is 7.23. The van der Waals surface area contributed by atoms with E-state index in [1.165, 1.54) is 0 Å². The van der Waals surface area contributed by atoms with E-state index in [0.29, 0.717) is 5.92 Å². The summed E-state index contributed by atoms with van der Waals surface area (Å²) in [4.78, 5) is 14.1. The summed E-state index contributed by atoms with van der Waals surface area (Å²) in [5.41, 5.74) is 2.15. The molecule has 1 saturated heterocycles. The number of para-hydroxylation sites is 1. The number of nitrogens with one attached hydrogen (secondary N) is 1. The number of ether oxygens (including phenoxy) is 1. The van der Waals surface area contributed by atoms with Crippen LogP contribution in [0.4, 0.5) is 0 Å². The summed E-state index contributed by atoms with van der Waals surface area (Å²) in [5, 5.41) is 3.17. The molecule has 0 aromatic heterocycles. The maximum Gasteiger partial charge on any atom is 0.260 e. The molecule has 1 heterocycles. The topological polar surface area (TPSA) is 41.6 Å². The van der Waals surface area contributed by atoms with Gasteiger partial charge < -0.3 is 15.0 Å². The van der Waals surface area contributed by atoms with E-state index in [-0.39, 0.29) is 12.5 Å². The van der Waals surface area contributed by atoms with E-state index in [1.807, 2.05) is 44.0 Å². The molecule has 1 aromatic carbocycles.